The van der Waals surface area contributed by atoms with E-state index < -0.39 is 9.96 Å². The van der Waals surface area contributed by atoms with Crippen molar-refractivity contribution in [1.82, 2.24) is 14.8 Å². The van der Waals surface area contributed by atoms with Crippen molar-refractivity contribution in [3.63, 3.8) is 0 Å². The molecule has 9 heteroatoms. The van der Waals surface area contributed by atoms with Gasteiger partial charge in [-0.1, -0.05) is 83.3 Å². The Bertz CT molecular complexity index is 1160. The molecule has 1 N–H and O–H groups in total. The zero-order valence-corrected chi connectivity index (χ0v) is 19.9. The molecule has 3 aromatic rings. The van der Waals surface area contributed by atoms with Crippen LogP contribution in [0.5, 0.6) is 0 Å². The van der Waals surface area contributed by atoms with Crippen molar-refractivity contribution in [2.24, 2.45) is 0 Å². The van der Waals surface area contributed by atoms with E-state index in [1.807, 2.05) is 60.7 Å². The minimum atomic E-state index is -1.77. The highest BCUT2D eigenvalue weighted by atomic mass is 35.6. The van der Waals surface area contributed by atoms with Gasteiger partial charge < -0.3 is 15.1 Å². The molecule has 1 aliphatic rings. The third kappa shape index (κ3) is 4.99. The minimum Gasteiger partial charge on any atom is -0.331 e. The number of aromatic nitrogens is 1. The highest BCUT2D eigenvalue weighted by Gasteiger charge is 2.48. The maximum atomic E-state index is 12.9. The first kappa shape index (κ1) is 22.8. The van der Waals surface area contributed by atoms with E-state index in [-0.39, 0.29) is 5.91 Å². The largest absolute Gasteiger partial charge is 0.331 e. The standard InChI is InChI=1S/C23H19Cl3N4OS/c24-23(25,26)21-29(19(31)12-11-16-6-2-1-3-7-16)14-15-30(21)22(32)28-18-10-4-8-17-9-5-13-27-20(17)18/h1-13,21H,14-15H2,(H,28,32)/b12-11+. The topological polar surface area (TPSA) is 48.5 Å². The van der Waals surface area contributed by atoms with E-state index in [2.05, 4.69) is 10.3 Å². The number of carbonyl (C=O) groups excluding carboxylic acids is 1. The first-order chi connectivity index (χ1) is 15.3. The lowest BCUT2D eigenvalue weighted by Crippen LogP contribution is -2.52. The highest BCUT2D eigenvalue weighted by Crippen LogP contribution is 2.38. The van der Waals surface area contributed by atoms with Gasteiger partial charge in [-0.15, -0.1) is 0 Å². The third-order valence-corrected chi connectivity index (χ3v) is 6.02. The van der Waals surface area contributed by atoms with E-state index in [1.165, 1.54) is 11.0 Å². The zero-order chi connectivity index (χ0) is 22.7. The van der Waals surface area contributed by atoms with E-state index in [9.17, 15) is 4.79 Å². The van der Waals surface area contributed by atoms with Crippen LogP contribution >= 0.6 is 47.0 Å². The number of alkyl halides is 3. The van der Waals surface area contributed by atoms with Crippen LogP contribution in [0, 0.1) is 0 Å². The summed E-state index contributed by atoms with van der Waals surface area (Å²) in [5, 5.41) is 4.53. The summed E-state index contributed by atoms with van der Waals surface area (Å²) in [6, 6.07) is 19.1. The van der Waals surface area contributed by atoms with Crippen LogP contribution in [-0.4, -0.2) is 48.9 Å². The van der Waals surface area contributed by atoms with Crippen LogP contribution in [0.1, 0.15) is 5.56 Å². The molecule has 164 valence electrons. The maximum Gasteiger partial charge on any atom is 0.248 e. The molecule has 1 unspecified atom stereocenters. The van der Waals surface area contributed by atoms with E-state index >= 15 is 0 Å². The number of nitrogens with one attached hydrogen (secondary N) is 1. The quantitative estimate of drug-likeness (QED) is 0.290. The Balaban J connectivity index is 1.55. The molecule has 32 heavy (non-hydrogen) atoms. The fourth-order valence-electron chi connectivity index (χ4n) is 3.64. The number of anilines is 1. The summed E-state index contributed by atoms with van der Waals surface area (Å²) >= 11 is 24.6. The number of pyridine rings is 1. The van der Waals surface area contributed by atoms with E-state index in [1.54, 1.807) is 17.2 Å². The Morgan fingerprint density at radius 3 is 2.50 bits per heavy atom. The van der Waals surface area contributed by atoms with Gasteiger partial charge in [0, 0.05) is 30.7 Å². The summed E-state index contributed by atoms with van der Waals surface area (Å²) in [6.45, 7) is 0.791. The van der Waals surface area contributed by atoms with Gasteiger partial charge in [0.1, 0.15) is 0 Å². The van der Waals surface area contributed by atoms with Gasteiger partial charge in [-0.3, -0.25) is 9.78 Å². The van der Waals surface area contributed by atoms with Gasteiger partial charge in [0.2, 0.25) is 9.70 Å². The van der Waals surface area contributed by atoms with E-state index in [0.717, 1.165) is 22.2 Å². The fraction of sp³-hybridized carbons (Fsp3) is 0.174. The van der Waals surface area contributed by atoms with Crippen LogP contribution in [0.3, 0.4) is 0 Å². The molecule has 0 radical (unpaired) electrons. The first-order valence-electron chi connectivity index (χ1n) is 9.86. The highest BCUT2D eigenvalue weighted by molar-refractivity contribution is 7.80. The second-order valence-corrected chi connectivity index (χ2v) is 9.95. The second kappa shape index (κ2) is 9.63. The van der Waals surface area contributed by atoms with Crippen molar-refractivity contribution >= 4 is 80.7 Å². The normalized spacial score (nSPS) is 16.7. The molecule has 1 atom stereocenters. The lowest BCUT2D eigenvalue weighted by molar-refractivity contribution is -0.127. The van der Waals surface area contributed by atoms with E-state index in [0.29, 0.717) is 18.2 Å². The number of hydrogen-bond donors (Lipinski definition) is 1. The molecular weight excluding hydrogens is 487 g/mol. The predicted octanol–water partition coefficient (Wildman–Crippen LogP) is 5.49. The van der Waals surface area contributed by atoms with Crippen molar-refractivity contribution in [3.8, 4) is 0 Å². The molecule has 0 saturated carbocycles. The lowest BCUT2D eigenvalue weighted by Gasteiger charge is -2.35. The van der Waals surface area contributed by atoms with Crippen LogP contribution in [0.25, 0.3) is 17.0 Å². The molecule has 5 nitrogen and oxygen atoms in total. The van der Waals surface area contributed by atoms with Crippen molar-refractivity contribution in [2.45, 2.75) is 9.96 Å². The first-order valence-corrected chi connectivity index (χ1v) is 11.4. The molecule has 0 spiro atoms. The molecular formula is C23H19Cl3N4OS. The summed E-state index contributed by atoms with van der Waals surface area (Å²) in [6.07, 6.45) is 4.07. The molecule has 1 aromatic heterocycles. The molecule has 0 aliphatic carbocycles. The van der Waals surface area contributed by atoms with Crippen LogP contribution < -0.4 is 5.32 Å². The lowest BCUT2D eigenvalue weighted by atomic mass is 10.2. The number of thiocarbonyl (C=S) groups is 1. The molecule has 1 amide bonds. The molecule has 1 aliphatic heterocycles. The second-order valence-electron chi connectivity index (χ2n) is 7.20. The Morgan fingerprint density at radius 2 is 1.75 bits per heavy atom. The van der Waals surface area contributed by atoms with Gasteiger partial charge >= 0.3 is 0 Å². The smallest absolute Gasteiger partial charge is 0.248 e. The number of halogens is 3. The number of fused-ring (bicyclic) bond motifs is 1. The number of nitrogens with zero attached hydrogens (tertiary/aromatic N) is 3. The molecule has 4 rings (SSSR count). The number of amides is 1. The number of carbonyl (C=O) groups is 1. The van der Waals surface area contributed by atoms with Crippen molar-refractivity contribution in [2.75, 3.05) is 18.4 Å². The van der Waals surface area contributed by atoms with Gasteiger partial charge in [0.05, 0.1) is 11.2 Å². The number of rotatable bonds is 3. The van der Waals surface area contributed by atoms with Gasteiger partial charge in [-0.25, -0.2) is 0 Å². The van der Waals surface area contributed by atoms with Crippen LogP contribution in [0.4, 0.5) is 5.69 Å². The number of para-hydroxylation sites is 1. The third-order valence-electron chi connectivity index (χ3n) is 5.10. The molecule has 1 saturated heterocycles. The van der Waals surface area contributed by atoms with Crippen molar-refractivity contribution < 1.29 is 4.79 Å². The van der Waals surface area contributed by atoms with Crippen LogP contribution in [0.2, 0.25) is 0 Å². The summed E-state index contributed by atoms with van der Waals surface area (Å²) in [4.78, 5) is 20.6. The van der Waals surface area contributed by atoms with Gasteiger partial charge in [-0.2, -0.15) is 0 Å². The number of hydrogen-bond acceptors (Lipinski definition) is 3. The van der Waals surface area contributed by atoms with Crippen molar-refractivity contribution in [3.05, 3.63) is 78.5 Å². The Hall–Kier alpha value is -2.38. The maximum absolute atomic E-state index is 12.9. The number of benzene rings is 2. The Labute approximate surface area is 206 Å². The molecule has 2 aromatic carbocycles. The van der Waals surface area contributed by atoms with Gasteiger partial charge in [0.25, 0.3) is 0 Å². The van der Waals surface area contributed by atoms with Gasteiger partial charge in [-0.05, 0) is 36.0 Å². The Morgan fingerprint density at radius 1 is 1.03 bits per heavy atom. The molecule has 0 bridgehead atoms. The molecule has 1 fully saturated rings. The zero-order valence-electron chi connectivity index (χ0n) is 16.8. The van der Waals surface area contributed by atoms with Gasteiger partial charge in [0.15, 0.2) is 11.3 Å². The van der Waals surface area contributed by atoms with Crippen molar-refractivity contribution in [1.29, 1.82) is 0 Å². The summed E-state index contributed by atoms with van der Waals surface area (Å²) in [5.74, 6) is -0.262. The summed E-state index contributed by atoms with van der Waals surface area (Å²) in [5.41, 5.74) is 2.42. The summed E-state index contributed by atoms with van der Waals surface area (Å²) in [7, 11) is 0. The monoisotopic (exact) mass is 504 g/mol. The average molecular weight is 506 g/mol. The predicted molar refractivity (Wildman–Crippen MR) is 136 cm³/mol. The molecule has 2 heterocycles. The summed E-state index contributed by atoms with van der Waals surface area (Å²) < 4.78 is -1.77. The Kier molecular flexibility index (Phi) is 6.86. The fourth-order valence-corrected chi connectivity index (χ4v) is 4.65. The van der Waals surface area contributed by atoms with E-state index in [4.69, 9.17) is 47.0 Å². The average Bonchev–Trinajstić information content (AvgIpc) is 3.25. The SMILES string of the molecule is O=C(/C=C/c1ccccc1)N1CCN(C(=S)Nc2cccc3cccnc23)C1C(Cl)(Cl)Cl. The minimum absolute atomic E-state index is 0.262. The van der Waals surface area contributed by atoms with Crippen LogP contribution in [0.15, 0.2) is 72.9 Å². The van der Waals surface area contributed by atoms with Crippen LogP contribution in [-0.2, 0) is 4.79 Å².